The molecule has 0 spiro atoms. The fraction of sp³-hybridized carbons (Fsp3) is 0.333. The van der Waals surface area contributed by atoms with E-state index in [2.05, 4.69) is 16.4 Å². The molecule has 0 radical (unpaired) electrons. The van der Waals surface area contributed by atoms with Gasteiger partial charge in [-0.15, -0.1) is 0 Å². The number of amides is 2. The van der Waals surface area contributed by atoms with E-state index in [-0.39, 0.29) is 29.9 Å². The number of nitrogens with one attached hydrogen (secondary N) is 1. The average Bonchev–Trinajstić information content (AvgIpc) is 3.61. The maximum absolute atomic E-state index is 12.8. The first-order chi connectivity index (χ1) is 16.6. The summed E-state index contributed by atoms with van der Waals surface area (Å²) in [5.74, 6) is 1.10. The Morgan fingerprint density at radius 3 is 2.65 bits per heavy atom. The van der Waals surface area contributed by atoms with Gasteiger partial charge in [0.1, 0.15) is 6.07 Å². The van der Waals surface area contributed by atoms with Gasteiger partial charge in [-0.1, -0.05) is 12.1 Å². The summed E-state index contributed by atoms with van der Waals surface area (Å²) in [6, 6.07) is 12.9. The molecule has 2 aliphatic rings. The van der Waals surface area contributed by atoms with Crippen LogP contribution in [0.15, 0.2) is 51.5 Å². The number of anilines is 3. The fourth-order valence-corrected chi connectivity index (χ4v) is 4.32. The zero-order valence-electron chi connectivity index (χ0n) is 18.6. The summed E-state index contributed by atoms with van der Waals surface area (Å²) >= 11 is 0. The van der Waals surface area contributed by atoms with E-state index in [0.717, 1.165) is 12.1 Å². The summed E-state index contributed by atoms with van der Waals surface area (Å²) < 4.78 is 11.1. The topological polar surface area (TPSA) is 119 Å². The minimum atomic E-state index is -0.134. The number of piperazine rings is 1. The van der Waals surface area contributed by atoms with Gasteiger partial charge in [-0.2, -0.15) is 10.2 Å². The quantitative estimate of drug-likeness (QED) is 0.596. The van der Waals surface area contributed by atoms with Crippen molar-refractivity contribution < 1.29 is 18.4 Å². The number of carbonyl (C=O) groups excluding carboxylic acids is 2. The Morgan fingerprint density at radius 2 is 1.94 bits per heavy atom. The van der Waals surface area contributed by atoms with Gasteiger partial charge in [-0.25, -0.2) is 0 Å². The Bertz CT molecular complexity index is 1220. The van der Waals surface area contributed by atoms with Crippen molar-refractivity contribution in [3.05, 3.63) is 48.4 Å². The first kappa shape index (κ1) is 21.7. The van der Waals surface area contributed by atoms with E-state index in [9.17, 15) is 14.9 Å². The van der Waals surface area contributed by atoms with E-state index < -0.39 is 0 Å². The number of furan rings is 1. The number of aromatic nitrogens is 1. The summed E-state index contributed by atoms with van der Waals surface area (Å²) in [5, 5.41) is 12.4. The van der Waals surface area contributed by atoms with Gasteiger partial charge >= 0.3 is 0 Å². The number of nitriles is 1. The van der Waals surface area contributed by atoms with E-state index in [4.69, 9.17) is 8.83 Å². The number of nitrogens with zero attached hydrogens (tertiary/aromatic N) is 5. The second-order valence-electron chi connectivity index (χ2n) is 8.24. The van der Waals surface area contributed by atoms with Crippen LogP contribution in [0, 0.1) is 11.3 Å². The van der Waals surface area contributed by atoms with Crippen LogP contribution < -0.4 is 15.1 Å². The molecule has 0 aliphatic carbocycles. The number of oxazole rings is 1. The minimum Gasteiger partial charge on any atom is -0.459 e. The number of rotatable bonds is 6. The Balaban J connectivity index is 1.19. The van der Waals surface area contributed by atoms with Crippen molar-refractivity contribution in [1.29, 1.82) is 5.26 Å². The molecular weight excluding hydrogens is 436 g/mol. The summed E-state index contributed by atoms with van der Waals surface area (Å²) in [6.45, 7) is 3.33. The molecule has 0 atom stereocenters. The second kappa shape index (κ2) is 9.41. The number of carbonyl (C=O) groups is 2. The zero-order valence-corrected chi connectivity index (χ0v) is 18.6. The van der Waals surface area contributed by atoms with Gasteiger partial charge in [0, 0.05) is 39.1 Å². The van der Waals surface area contributed by atoms with Crippen molar-refractivity contribution in [1.82, 2.24) is 9.88 Å². The van der Waals surface area contributed by atoms with E-state index in [1.165, 1.54) is 6.26 Å². The Labute approximate surface area is 196 Å². The van der Waals surface area contributed by atoms with E-state index >= 15 is 0 Å². The molecule has 2 saturated heterocycles. The minimum absolute atomic E-state index is 0.0807. The lowest BCUT2D eigenvalue weighted by Crippen LogP contribution is -2.48. The normalized spacial score (nSPS) is 16.6. The van der Waals surface area contributed by atoms with Gasteiger partial charge in [0.25, 0.3) is 5.89 Å². The van der Waals surface area contributed by atoms with Crippen molar-refractivity contribution in [2.75, 3.05) is 54.4 Å². The third-order valence-corrected chi connectivity index (χ3v) is 6.02. The largest absolute Gasteiger partial charge is 0.459 e. The third kappa shape index (κ3) is 4.38. The standard InChI is InChI=1S/C24H24N6O4/c25-15-18-24(34-23(27-18)20-7-4-14-33-20)29-12-10-28(11-13-29)16-21(31)26-17-5-1-2-6-19(17)30-9-3-8-22(30)32/h1-2,4-7,14H,3,8-13,16H2,(H,26,31). The molecule has 10 heteroatoms. The molecule has 0 saturated carbocycles. The maximum atomic E-state index is 12.8. The molecular formula is C24H24N6O4. The number of para-hydroxylation sites is 2. The van der Waals surface area contributed by atoms with Crippen LogP contribution in [0.5, 0.6) is 0 Å². The predicted molar refractivity (Wildman–Crippen MR) is 124 cm³/mol. The molecule has 0 unspecified atom stereocenters. The van der Waals surface area contributed by atoms with Gasteiger partial charge < -0.3 is 24.0 Å². The molecule has 10 nitrogen and oxygen atoms in total. The fourth-order valence-electron chi connectivity index (χ4n) is 4.32. The summed E-state index contributed by atoms with van der Waals surface area (Å²) in [4.78, 5) is 34.9. The van der Waals surface area contributed by atoms with Crippen LogP contribution in [0.3, 0.4) is 0 Å². The van der Waals surface area contributed by atoms with Gasteiger partial charge in [0.15, 0.2) is 5.76 Å². The summed E-state index contributed by atoms with van der Waals surface area (Å²) in [6.07, 6.45) is 2.89. The lowest BCUT2D eigenvalue weighted by atomic mass is 10.2. The second-order valence-corrected chi connectivity index (χ2v) is 8.24. The molecule has 2 aliphatic heterocycles. The number of hydrogen-bond donors (Lipinski definition) is 1. The monoisotopic (exact) mass is 460 g/mol. The lowest BCUT2D eigenvalue weighted by molar-refractivity contribution is -0.118. The van der Waals surface area contributed by atoms with Crippen LogP contribution >= 0.6 is 0 Å². The molecule has 2 aromatic heterocycles. The molecule has 3 aromatic rings. The summed E-state index contributed by atoms with van der Waals surface area (Å²) in [7, 11) is 0. The molecule has 34 heavy (non-hydrogen) atoms. The van der Waals surface area contributed by atoms with Crippen LogP contribution in [-0.2, 0) is 9.59 Å². The van der Waals surface area contributed by atoms with Crippen molar-refractivity contribution in [2.24, 2.45) is 0 Å². The van der Waals surface area contributed by atoms with Crippen molar-refractivity contribution in [3.63, 3.8) is 0 Å². The van der Waals surface area contributed by atoms with E-state index in [1.807, 2.05) is 34.1 Å². The molecule has 5 rings (SSSR count). The SMILES string of the molecule is N#Cc1nc(-c2ccco2)oc1N1CCN(CC(=O)Nc2ccccc2N2CCCC2=O)CC1. The zero-order chi connectivity index (χ0) is 23.5. The molecule has 1 aromatic carbocycles. The highest BCUT2D eigenvalue weighted by Crippen LogP contribution is 2.30. The molecule has 1 N–H and O–H groups in total. The molecule has 2 fully saturated rings. The van der Waals surface area contributed by atoms with Crippen LogP contribution in [0.4, 0.5) is 17.3 Å². The lowest BCUT2D eigenvalue weighted by Gasteiger charge is -2.34. The van der Waals surface area contributed by atoms with Gasteiger partial charge in [0.2, 0.25) is 23.4 Å². The smallest absolute Gasteiger partial charge is 0.266 e. The molecule has 174 valence electrons. The van der Waals surface area contributed by atoms with Gasteiger partial charge in [-0.3, -0.25) is 14.5 Å². The van der Waals surface area contributed by atoms with Crippen LogP contribution in [0.2, 0.25) is 0 Å². The Kier molecular flexibility index (Phi) is 6.01. The number of benzene rings is 1. The highest BCUT2D eigenvalue weighted by atomic mass is 16.4. The molecule has 0 bridgehead atoms. The van der Waals surface area contributed by atoms with Crippen LogP contribution in [0.1, 0.15) is 18.5 Å². The molecule has 4 heterocycles. The predicted octanol–water partition coefficient (Wildman–Crippen LogP) is 2.69. The van der Waals surface area contributed by atoms with Crippen LogP contribution in [0.25, 0.3) is 11.7 Å². The first-order valence-electron chi connectivity index (χ1n) is 11.2. The highest BCUT2D eigenvalue weighted by Gasteiger charge is 2.27. The number of hydrogen-bond acceptors (Lipinski definition) is 8. The Morgan fingerprint density at radius 1 is 1.12 bits per heavy atom. The van der Waals surface area contributed by atoms with Crippen molar-refractivity contribution in [2.45, 2.75) is 12.8 Å². The van der Waals surface area contributed by atoms with Crippen LogP contribution in [-0.4, -0.2) is 61.0 Å². The van der Waals surface area contributed by atoms with E-state index in [0.29, 0.717) is 56.5 Å². The maximum Gasteiger partial charge on any atom is 0.266 e. The molecule has 2 amide bonds. The average molecular weight is 460 g/mol. The van der Waals surface area contributed by atoms with E-state index in [1.54, 1.807) is 17.0 Å². The summed E-state index contributed by atoms with van der Waals surface area (Å²) in [5.41, 5.74) is 1.60. The third-order valence-electron chi connectivity index (χ3n) is 6.02. The van der Waals surface area contributed by atoms with Crippen molar-refractivity contribution in [3.8, 4) is 17.7 Å². The van der Waals surface area contributed by atoms with Gasteiger partial charge in [0.05, 0.1) is 24.2 Å². The first-order valence-corrected chi connectivity index (χ1v) is 11.2. The Hall–Kier alpha value is -4.10. The highest BCUT2D eigenvalue weighted by molar-refractivity contribution is 6.02. The van der Waals surface area contributed by atoms with Gasteiger partial charge in [-0.05, 0) is 30.7 Å². The van der Waals surface area contributed by atoms with Crippen molar-refractivity contribution >= 4 is 29.1 Å².